The summed E-state index contributed by atoms with van der Waals surface area (Å²) in [6.07, 6.45) is 3.28. The van der Waals surface area contributed by atoms with Crippen LogP contribution in [-0.4, -0.2) is 67.9 Å². The quantitative estimate of drug-likeness (QED) is 0.307. The number of carbonyl (C=O) groups excluding carboxylic acids is 4. The lowest BCUT2D eigenvalue weighted by atomic mass is 10.0. The van der Waals surface area contributed by atoms with E-state index in [-0.39, 0.29) is 48.5 Å². The van der Waals surface area contributed by atoms with E-state index in [1.165, 1.54) is 22.5 Å². The summed E-state index contributed by atoms with van der Waals surface area (Å²) in [7, 11) is 0. The van der Waals surface area contributed by atoms with Crippen LogP contribution in [0.3, 0.4) is 0 Å². The zero-order valence-electron chi connectivity index (χ0n) is 24.6. The van der Waals surface area contributed by atoms with Gasteiger partial charge in [-0.3, -0.25) is 23.9 Å². The monoisotopic (exact) mass is 618 g/mol. The second-order valence-corrected chi connectivity index (χ2v) is 11.6. The summed E-state index contributed by atoms with van der Waals surface area (Å²) in [5, 5.41) is 15.1. The van der Waals surface area contributed by atoms with Crippen molar-refractivity contribution in [2.24, 2.45) is 5.92 Å². The van der Waals surface area contributed by atoms with E-state index in [1.807, 2.05) is 51.1 Å². The van der Waals surface area contributed by atoms with Crippen LogP contribution < -0.4 is 16.0 Å². The summed E-state index contributed by atoms with van der Waals surface area (Å²) in [5.74, 6) is -1.73. The Bertz CT molecular complexity index is 1630. The number of nitrogens with zero attached hydrogens (tertiary/aromatic N) is 5. The first-order chi connectivity index (χ1) is 21.2. The molecule has 0 fully saturated rings. The molecule has 5 rings (SSSR count). The van der Waals surface area contributed by atoms with Gasteiger partial charge in [0.15, 0.2) is 5.69 Å². The molecule has 1 aliphatic heterocycles. The Hall–Kier alpha value is -4.85. The molecule has 4 heterocycles. The average Bonchev–Trinajstić information content (AvgIpc) is 3.80. The maximum atomic E-state index is 13.4. The van der Waals surface area contributed by atoms with Gasteiger partial charge in [-0.05, 0) is 24.5 Å². The number of benzene rings is 1. The van der Waals surface area contributed by atoms with Gasteiger partial charge in [-0.15, -0.1) is 11.3 Å². The maximum Gasteiger partial charge on any atom is 0.274 e. The number of nitrogens with one attached hydrogen (secondary N) is 3. The van der Waals surface area contributed by atoms with Crippen molar-refractivity contribution in [2.75, 3.05) is 19.6 Å². The summed E-state index contributed by atoms with van der Waals surface area (Å²) < 4.78 is 7.30. The Morgan fingerprint density at radius 3 is 2.59 bits per heavy atom. The molecule has 13 nitrogen and oxygen atoms in total. The highest BCUT2D eigenvalue weighted by atomic mass is 32.1. The Kier molecular flexibility index (Phi) is 9.48. The molecular formula is C30H34N8O5S. The van der Waals surface area contributed by atoms with Crippen molar-refractivity contribution in [1.29, 1.82) is 0 Å². The van der Waals surface area contributed by atoms with E-state index in [4.69, 9.17) is 4.42 Å². The number of rotatable bonds is 5. The summed E-state index contributed by atoms with van der Waals surface area (Å²) >= 11 is 1.26. The zero-order chi connectivity index (χ0) is 31.2. The van der Waals surface area contributed by atoms with E-state index in [0.29, 0.717) is 18.0 Å². The largest absolute Gasteiger partial charge is 0.446 e. The number of fused-ring (bicyclic) bond motifs is 4. The normalized spacial score (nSPS) is 18.3. The Labute approximate surface area is 258 Å². The van der Waals surface area contributed by atoms with Crippen molar-refractivity contribution in [2.45, 2.75) is 45.8 Å². The molecule has 4 bridgehead atoms. The molecule has 0 spiro atoms. The molecule has 0 saturated carbocycles. The van der Waals surface area contributed by atoms with Crippen molar-refractivity contribution >= 4 is 35.0 Å². The van der Waals surface area contributed by atoms with Crippen LogP contribution in [-0.2, 0) is 17.8 Å². The zero-order valence-corrected chi connectivity index (χ0v) is 25.5. The Morgan fingerprint density at radius 2 is 1.86 bits per heavy atom. The first-order valence-electron chi connectivity index (χ1n) is 14.4. The third-order valence-corrected chi connectivity index (χ3v) is 8.05. The van der Waals surface area contributed by atoms with Crippen LogP contribution in [0.4, 0.5) is 0 Å². The van der Waals surface area contributed by atoms with Crippen LogP contribution in [0, 0.1) is 5.92 Å². The summed E-state index contributed by atoms with van der Waals surface area (Å²) in [6.45, 7) is 6.17. The molecule has 1 aromatic carbocycles. The third kappa shape index (κ3) is 7.19. The van der Waals surface area contributed by atoms with Crippen LogP contribution in [0.2, 0.25) is 0 Å². The minimum Gasteiger partial charge on any atom is -0.446 e. The number of oxazole rings is 1. The Balaban J connectivity index is 1.46. The molecule has 2 atom stereocenters. The molecule has 1 aliphatic rings. The van der Waals surface area contributed by atoms with E-state index in [9.17, 15) is 19.2 Å². The molecular weight excluding hydrogens is 584 g/mol. The highest BCUT2D eigenvalue weighted by molar-refractivity contribution is 7.09. The van der Waals surface area contributed by atoms with Gasteiger partial charge in [-0.25, -0.2) is 9.97 Å². The van der Waals surface area contributed by atoms with E-state index >= 15 is 0 Å². The van der Waals surface area contributed by atoms with Gasteiger partial charge in [-0.1, -0.05) is 44.2 Å². The maximum absolute atomic E-state index is 13.4. The highest BCUT2D eigenvalue weighted by Gasteiger charge is 2.29. The van der Waals surface area contributed by atoms with Crippen molar-refractivity contribution in [3.05, 3.63) is 87.8 Å². The van der Waals surface area contributed by atoms with Gasteiger partial charge in [0.1, 0.15) is 28.7 Å². The van der Waals surface area contributed by atoms with Crippen molar-refractivity contribution < 1.29 is 23.6 Å². The first kappa shape index (κ1) is 30.6. The minimum atomic E-state index is -0.688. The topological polar surface area (TPSA) is 164 Å². The molecule has 14 heteroatoms. The second kappa shape index (κ2) is 13.6. The molecule has 0 saturated heterocycles. The molecule has 3 N–H and O–H groups in total. The number of hydrogen-bond donors (Lipinski definition) is 3. The van der Waals surface area contributed by atoms with E-state index in [1.54, 1.807) is 22.3 Å². The van der Waals surface area contributed by atoms with Gasteiger partial charge in [-0.2, -0.15) is 5.10 Å². The summed E-state index contributed by atoms with van der Waals surface area (Å²) in [4.78, 5) is 63.3. The van der Waals surface area contributed by atoms with Gasteiger partial charge in [0.05, 0.1) is 12.6 Å². The molecule has 230 valence electrons. The summed E-state index contributed by atoms with van der Waals surface area (Å²) in [6, 6.07) is 9.93. The fourth-order valence-corrected chi connectivity index (χ4v) is 5.76. The molecule has 0 radical (unpaired) electrons. The van der Waals surface area contributed by atoms with Gasteiger partial charge in [0.25, 0.3) is 17.7 Å². The molecule has 0 unspecified atom stereocenters. The fourth-order valence-electron chi connectivity index (χ4n) is 4.74. The van der Waals surface area contributed by atoms with E-state index < -0.39 is 35.7 Å². The van der Waals surface area contributed by atoms with Gasteiger partial charge >= 0.3 is 0 Å². The van der Waals surface area contributed by atoms with Gasteiger partial charge in [0.2, 0.25) is 11.8 Å². The smallest absolute Gasteiger partial charge is 0.274 e. The van der Waals surface area contributed by atoms with E-state index in [2.05, 4.69) is 31.0 Å². The molecule has 3 aromatic heterocycles. The molecule has 4 amide bonds. The predicted molar refractivity (Wildman–Crippen MR) is 161 cm³/mol. The standard InChI is InChI=1S/C30H34N8O5S/c1-4-38-12-10-20(36-38)30(42)37-13-11-31-26(40)22-16-43-28(33-22)21(14-19-8-6-5-7-9-19)32-27(41)23-17-44-29(34-23)25(18(2)3)35-24(39)15-37/h5-10,12,16-18,21,25H,4,11,13-15H2,1-3H3,(H,31,40)(H,32,41)(H,35,39)/t21-,25-/m0/s1. The number of aromatic nitrogens is 4. The van der Waals surface area contributed by atoms with Crippen LogP contribution in [0.1, 0.15) is 80.8 Å². The minimum absolute atomic E-state index is 0.0152. The second-order valence-electron chi connectivity index (χ2n) is 10.7. The van der Waals surface area contributed by atoms with Crippen molar-refractivity contribution in [3.63, 3.8) is 0 Å². The summed E-state index contributed by atoms with van der Waals surface area (Å²) in [5.41, 5.74) is 1.31. The highest BCUT2D eigenvalue weighted by Crippen LogP contribution is 2.26. The fraction of sp³-hybridized carbons (Fsp3) is 0.367. The SMILES string of the molecule is CCn1ccc(C(=O)N2CCNC(=O)c3coc(n3)[C@H](Cc3ccccc3)NC(=O)c3csc(n3)[C@H](C(C)C)NC(=O)C2)n1. The number of hydrogen-bond acceptors (Lipinski definition) is 9. The molecule has 44 heavy (non-hydrogen) atoms. The van der Waals surface area contributed by atoms with Crippen molar-refractivity contribution in [1.82, 2.24) is 40.6 Å². The Morgan fingerprint density at radius 1 is 1.07 bits per heavy atom. The molecule has 0 aliphatic carbocycles. The lowest BCUT2D eigenvalue weighted by Gasteiger charge is -2.25. The lowest BCUT2D eigenvalue weighted by Crippen LogP contribution is -2.45. The van der Waals surface area contributed by atoms with Crippen LogP contribution in [0.15, 0.2) is 58.7 Å². The van der Waals surface area contributed by atoms with Crippen LogP contribution >= 0.6 is 11.3 Å². The van der Waals surface area contributed by atoms with Crippen molar-refractivity contribution in [3.8, 4) is 0 Å². The van der Waals surface area contributed by atoms with Gasteiger partial charge < -0.3 is 25.3 Å². The van der Waals surface area contributed by atoms with Gasteiger partial charge in [0, 0.05) is 37.6 Å². The lowest BCUT2D eigenvalue weighted by molar-refractivity contribution is -0.122. The number of thiazole rings is 1. The molecule has 4 aromatic rings. The average molecular weight is 619 g/mol. The number of aryl methyl sites for hydroxylation is 1. The first-order valence-corrected chi connectivity index (χ1v) is 15.3. The van der Waals surface area contributed by atoms with E-state index in [0.717, 1.165) is 5.56 Å². The predicted octanol–water partition coefficient (Wildman–Crippen LogP) is 2.76. The number of amides is 4. The van der Waals surface area contributed by atoms with Crippen LogP contribution in [0.25, 0.3) is 0 Å². The number of carbonyl (C=O) groups is 4. The van der Waals surface area contributed by atoms with Crippen LogP contribution in [0.5, 0.6) is 0 Å². The third-order valence-electron chi connectivity index (χ3n) is 7.12.